The highest BCUT2D eigenvalue weighted by atomic mass is 16.4. The normalized spacial score (nSPS) is 24.3. The van der Waals surface area contributed by atoms with Crippen molar-refractivity contribution in [3.8, 4) is 0 Å². The zero-order valence-corrected chi connectivity index (χ0v) is 15.0. The van der Waals surface area contributed by atoms with Crippen LogP contribution in [0.5, 0.6) is 0 Å². The van der Waals surface area contributed by atoms with Crippen LogP contribution in [-0.4, -0.2) is 44.0 Å². The lowest BCUT2D eigenvalue weighted by Crippen LogP contribution is -2.23. The number of nitrogens with one attached hydrogen (secondary N) is 1. The van der Waals surface area contributed by atoms with Crippen LogP contribution in [0.1, 0.15) is 48.8 Å². The highest BCUT2D eigenvalue weighted by molar-refractivity contribution is 5.72. The van der Waals surface area contributed by atoms with Gasteiger partial charge in [-0.2, -0.15) is 0 Å². The van der Waals surface area contributed by atoms with Gasteiger partial charge in [-0.1, -0.05) is 31.7 Å². The van der Waals surface area contributed by atoms with Gasteiger partial charge in [0.2, 0.25) is 0 Å². The number of carboxylic acid groups (broad SMARTS) is 1. The third-order valence-corrected chi connectivity index (χ3v) is 5.81. The number of nitrogens with zero attached hydrogens (tertiary/aromatic N) is 3. The Kier molecular flexibility index (Phi) is 5.02. The number of aromatic amines is 1. The summed E-state index contributed by atoms with van der Waals surface area (Å²) in [4.78, 5) is 26.3. The molecule has 2 aliphatic rings. The smallest absolute Gasteiger partial charge is 0.308 e. The molecule has 0 unspecified atom stereocenters. The number of aromatic nitrogens is 3. The quantitative estimate of drug-likeness (QED) is 0.833. The minimum Gasteiger partial charge on any atom is -0.481 e. The van der Waals surface area contributed by atoms with Crippen molar-refractivity contribution in [2.45, 2.75) is 44.6 Å². The van der Waals surface area contributed by atoms with Crippen LogP contribution in [-0.2, 0) is 17.8 Å². The van der Waals surface area contributed by atoms with Crippen molar-refractivity contribution in [3.05, 3.63) is 47.8 Å². The van der Waals surface area contributed by atoms with Gasteiger partial charge in [0.1, 0.15) is 5.82 Å². The van der Waals surface area contributed by atoms with E-state index < -0.39 is 11.9 Å². The Morgan fingerprint density at radius 1 is 1.23 bits per heavy atom. The van der Waals surface area contributed by atoms with Gasteiger partial charge in [0, 0.05) is 55.8 Å². The first-order valence-electron chi connectivity index (χ1n) is 9.58. The van der Waals surface area contributed by atoms with Gasteiger partial charge < -0.3 is 10.1 Å². The summed E-state index contributed by atoms with van der Waals surface area (Å²) in [6.45, 7) is 1.98. The van der Waals surface area contributed by atoms with E-state index >= 15 is 0 Å². The van der Waals surface area contributed by atoms with Crippen LogP contribution in [0.15, 0.2) is 30.6 Å². The first-order chi connectivity index (χ1) is 12.7. The Bertz CT molecular complexity index is 739. The van der Waals surface area contributed by atoms with Crippen molar-refractivity contribution in [3.63, 3.8) is 0 Å². The predicted octanol–water partition coefficient (Wildman–Crippen LogP) is 2.84. The Labute approximate surface area is 153 Å². The van der Waals surface area contributed by atoms with Gasteiger partial charge in [0.25, 0.3) is 0 Å². The van der Waals surface area contributed by atoms with Gasteiger partial charge >= 0.3 is 5.97 Å². The van der Waals surface area contributed by atoms with Gasteiger partial charge in [-0.3, -0.25) is 14.7 Å². The summed E-state index contributed by atoms with van der Waals surface area (Å²) < 4.78 is 0. The molecule has 2 atom stereocenters. The molecule has 2 fully saturated rings. The van der Waals surface area contributed by atoms with Crippen LogP contribution in [0.25, 0.3) is 0 Å². The fourth-order valence-corrected chi connectivity index (χ4v) is 4.48. The molecule has 138 valence electrons. The van der Waals surface area contributed by atoms with Crippen LogP contribution in [0.4, 0.5) is 0 Å². The summed E-state index contributed by atoms with van der Waals surface area (Å²) in [5, 5.41) is 9.62. The van der Waals surface area contributed by atoms with Crippen molar-refractivity contribution < 1.29 is 9.90 Å². The monoisotopic (exact) mass is 354 g/mol. The molecule has 1 saturated carbocycles. The maximum absolute atomic E-state index is 11.7. The SMILES string of the molecule is O=C(O)[C@@H]1CN(Cc2cnc(CC3CCCC3)[nH]2)C[C@H]1c1ccccn1. The second-order valence-electron chi connectivity index (χ2n) is 7.71. The van der Waals surface area contributed by atoms with Crippen molar-refractivity contribution in [1.29, 1.82) is 0 Å². The Morgan fingerprint density at radius 2 is 2.08 bits per heavy atom. The van der Waals surface area contributed by atoms with E-state index in [2.05, 4.69) is 19.9 Å². The first kappa shape index (κ1) is 17.2. The van der Waals surface area contributed by atoms with Crippen LogP contribution in [0.2, 0.25) is 0 Å². The van der Waals surface area contributed by atoms with Crippen LogP contribution < -0.4 is 0 Å². The summed E-state index contributed by atoms with van der Waals surface area (Å²) in [7, 11) is 0. The van der Waals surface area contributed by atoms with E-state index in [1.807, 2.05) is 24.4 Å². The Balaban J connectivity index is 1.40. The van der Waals surface area contributed by atoms with Crippen molar-refractivity contribution in [2.24, 2.45) is 11.8 Å². The number of hydrogen-bond acceptors (Lipinski definition) is 4. The molecule has 1 aliphatic carbocycles. The molecular weight excluding hydrogens is 328 g/mol. The van der Waals surface area contributed by atoms with E-state index in [-0.39, 0.29) is 5.92 Å². The van der Waals surface area contributed by atoms with Gasteiger partial charge in [0.05, 0.1) is 5.92 Å². The Hall–Kier alpha value is -2.21. The number of hydrogen-bond donors (Lipinski definition) is 2. The zero-order chi connectivity index (χ0) is 17.9. The van der Waals surface area contributed by atoms with E-state index in [0.29, 0.717) is 19.6 Å². The van der Waals surface area contributed by atoms with Crippen molar-refractivity contribution in [1.82, 2.24) is 19.9 Å². The standard InChI is InChI=1S/C20H26N4O2/c25-20(26)17-13-24(12-16(17)18-7-3-4-8-21-18)11-15-10-22-19(23-15)9-14-5-1-2-6-14/h3-4,7-8,10,14,16-17H,1-2,5-6,9,11-13H2,(H,22,23)(H,25,26)/t16-,17-/m1/s1. The van der Waals surface area contributed by atoms with Gasteiger partial charge in [-0.15, -0.1) is 0 Å². The number of rotatable bonds is 6. The summed E-state index contributed by atoms with van der Waals surface area (Å²) in [6, 6.07) is 5.72. The molecule has 0 radical (unpaired) electrons. The fraction of sp³-hybridized carbons (Fsp3) is 0.550. The lowest BCUT2D eigenvalue weighted by atomic mass is 9.93. The van der Waals surface area contributed by atoms with E-state index in [4.69, 9.17) is 0 Å². The molecule has 1 saturated heterocycles. The topological polar surface area (TPSA) is 82.1 Å². The molecule has 0 spiro atoms. The van der Waals surface area contributed by atoms with Gasteiger partial charge in [-0.05, 0) is 18.1 Å². The van der Waals surface area contributed by atoms with Crippen LogP contribution >= 0.6 is 0 Å². The number of carboxylic acids is 1. The highest BCUT2D eigenvalue weighted by Crippen LogP contribution is 2.32. The predicted molar refractivity (Wildman–Crippen MR) is 97.6 cm³/mol. The third-order valence-electron chi connectivity index (χ3n) is 5.81. The number of H-pyrrole nitrogens is 1. The molecular formula is C20H26N4O2. The zero-order valence-electron chi connectivity index (χ0n) is 15.0. The largest absolute Gasteiger partial charge is 0.481 e. The second-order valence-corrected chi connectivity index (χ2v) is 7.71. The molecule has 0 aromatic carbocycles. The molecule has 0 bridgehead atoms. The molecule has 4 rings (SSSR count). The number of pyridine rings is 1. The lowest BCUT2D eigenvalue weighted by molar-refractivity contribution is -0.141. The summed E-state index contributed by atoms with van der Waals surface area (Å²) >= 11 is 0. The molecule has 6 nitrogen and oxygen atoms in total. The highest BCUT2D eigenvalue weighted by Gasteiger charge is 2.39. The number of carbonyl (C=O) groups is 1. The average Bonchev–Trinajstić information content (AvgIpc) is 3.38. The maximum atomic E-state index is 11.7. The van der Waals surface area contributed by atoms with E-state index in [0.717, 1.165) is 29.6 Å². The number of aliphatic carboxylic acids is 1. The van der Waals surface area contributed by atoms with Crippen molar-refractivity contribution >= 4 is 5.97 Å². The number of imidazole rings is 1. The molecule has 26 heavy (non-hydrogen) atoms. The molecule has 6 heteroatoms. The van der Waals surface area contributed by atoms with Gasteiger partial charge in [0.15, 0.2) is 0 Å². The number of likely N-dealkylation sites (tertiary alicyclic amines) is 1. The molecule has 2 aromatic rings. The lowest BCUT2D eigenvalue weighted by Gasteiger charge is -2.14. The average molecular weight is 354 g/mol. The summed E-state index contributed by atoms with van der Waals surface area (Å²) in [6.07, 6.45) is 10.0. The minimum atomic E-state index is -0.741. The second kappa shape index (κ2) is 7.58. The molecule has 2 N–H and O–H groups in total. The molecule has 1 aliphatic heterocycles. The van der Waals surface area contributed by atoms with Gasteiger partial charge in [-0.25, -0.2) is 4.98 Å². The summed E-state index contributed by atoms with van der Waals surface area (Å²) in [5.74, 6) is 0.628. The first-order valence-corrected chi connectivity index (χ1v) is 9.58. The van der Waals surface area contributed by atoms with Crippen molar-refractivity contribution in [2.75, 3.05) is 13.1 Å². The maximum Gasteiger partial charge on any atom is 0.308 e. The van der Waals surface area contributed by atoms with E-state index in [1.165, 1.54) is 25.7 Å². The van der Waals surface area contributed by atoms with Crippen LogP contribution in [0.3, 0.4) is 0 Å². The van der Waals surface area contributed by atoms with Crippen LogP contribution in [0, 0.1) is 11.8 Å². The molecule has 3 heterocycles. The summed E-state index contributed by atoms with van der Waals surface area (Å²) in [5.41, 5.74) is 1.94. The third kappa shape index (κ3) is 3.80. The minimum absolute atomic E-state index is 0.0606. The molecule has 0 amide bonds. The van der Waals surface area contributed by atoms with E-state index in [1.54, 1.807) is 6.20 Å². The van der Waals surface area contributed by atoms with E-state index in [9.17, 15) is 9.90 Å². The fourth-order valence-electron chi connectivity index (χ4n) is 4.48. The Morgan fingerprint density at radius 3 is 2.81 bits per heavy atom. The molecule has 2 aromatic heterocycles.